The average molecular weight is 496 g/mol. The molecule has 0 saturated carbocycles. The number of nitrogens with one attached hydrogen (secondary N) is 2. The van der Waals surface area contributed by atoms with Crippen LogP contribution in [-0.2, 0) is 14.8 Å². The fourth-order valence-electron chi connectivity index (χ4n) is 4.29. The number of aryl methyl sites for hydroxylation is 1. The fourth-order valence-corrected chi connectivity index (χ4v) is 5.82. The number of hydrogen-bond acceptors (Lipinski definition) is 5. The van der Waals surface area contributed by atoms with Gasteiger partial charge in [-0.05, 0) is 55.8 Å². The van der Waals surface area contributed by atoms with Gasteiger partial charge in [-0.1, -0.05) is 42.5 Å². The maximum absolute atomic E-state index is 13.3. The smallest absolute Gasteiger partial charge is 0.409 e. The molecule has 1 heterocycles. The zero-order chi connectivity index (χ0) is 25.0. The summed E-state index contributed by atoms with van der Waals surface area (Å²) in [5.41, 5.74) is 2.03. The Labute approximate surface area is 205 Å². The van der Waals surface area contributed by atoms with E-state index >= 15 is 0 Å². The van der Waals surface area contributed by atoms with Crippen molar-refractivity contribution in [2.75, 3.05) is 25.0 Å². The first kappa shape index (κ1) is 24.7. The van der Waals surface area contributed by atoms with E-state index in [1.54, 1.807) is 48.2 Å². The van der Waals surface area contributed by atoms with Crippen molar-refractivity contribution in [2.24, 2.45) is 0 Å². The summed E-state index contributed by atoms with van der Waals surface area (Å²) in [4.78, 5) is 26.7. The highest BCUT2D eigenvalue weighted by Crippen LogP contribution is 2.27. The molecule has 35 heavy (non-hydrogen) atoms. The number of sulfonamides is 1. The molecule has 2 N–H and O–H groups in total. The lowest BCUT2D eigenvalue weighted by Gasteiger charge is -2.31. The van der Waals surface area contributed by atoms with Gasteiger partial charge in [-0.3, -0.25) is 4.79 Å². The SMILES string of the molecule is CCOC(=O)N1CCC(NS(=O)(=O)c2cccc3c(C(=O)Nc4ccccc4C)cccc23)CC1. The molecule has 1 saturated heterocycles. The fraction of sp³-hybridized carbons (Fsp3) is 0.308. The molecule has 3 aromatic rings. The Morgan fingerprint density at radius 2 is 1.66 bits per heavy atom. The Bertz CT molecular complexity index is 1350. The highest BCUT2D eigenvalue weighted by Gasteiger charge is 2.28. The molecule has 0 aromatic heterocycles. The van der Waals surface area contributed by atoms with Crippen molar-refractivity contribution in [2.45, 2.75) is 37.6 Å². The van der Waals surface area contributed by atoms with Crippen LogP contribution >= 0.6 is 0 Å². The van der Waals surface area contributed by atoms with Gasteiger partial charge in [-0.25, -0.2) is 17.9 Å². The number of likely N-dealkylation sites (tertiary alicyclic amines) is 1. The Kier molecular flexibility index (Phi) is 7.37. The highest BCUT2D eigenvalue weighted by molar-refractivity contribution is 7.89. The van der Waals surface area contributed by atoms with Crippen LogP contribution in [0.3, 0.4) is 0 Å². The topological polar surface area (TPSA) is 105 Å². The van der Waals surface area contributed by atoms with Crippen molar-refractivity contribution in [3.05, 3.63) is 71.8 Å². The molecule has 0 radical (unpaired) electrons. The van der Waals surface area contributed by atoms with E-state index in [0.29, 0.717) is 54.6 Å². The zero-order valence-corrected chi connectivity index (χ0v) is 20.6. The standard InChI is InChI=1S/C26H29N3O5S/c1-3-34-26(31)29-16-14-19(15-17-29)28-35(32,33)24-13-7-9-20-21(24)10-6-11-22(20)25(30)27-23-12-5-4-8-18(23)2/h4-13,19,28H,3,14-17H2,1-2H3,(H,27,30). The lowest BCUT2D eigenvalue weighted by atomic mass is 10.0. The van der Waals surface area contributed by atoms with Gasteiger partial charge in [0.2, 0.25) is 10.0 Å². The van der Waals surface area contributed by atoms with E-state index in [-0.39, 0.29) is 22.9 Å². The van der Waals surface area contributed by atoms with Crippen LogP contribution in [0.1, 0.15) is 35.7 Å². The van der Waals surface area contributed by atoms with Crippen LogP contribution in [0.2, 0.25) is 0 Å². The average Bonchev–Trinajstić information content (AvgIpc) is 2.85. The number of fused-ring (bicyclic) bond motifs is 1. The molecule has 0 bridgehead atoms. The molecule has 0 atom stereocenters. The summed E-state index contributed by atoms with van der Waals surface area (Å²) in [6.45, 7) is 4.81. The first-order valence-corrected chi connectivity index (χ1v) is 13.1. The predicted molar refractivity (Wildman–Crippen MR) is 135 cm³/mol. The van der Waals surface area contributed by atoms with Crippen molar-refractivity contribution in [1.82, 2.24) is 9.62 Å². The largest absolute Gasteiger partial charge is 0.450 e. The van der Waals surface area contributed by atoms with Crippen molar-refractivity contribution in [3.63, 3.8) is 0 Å². The first-order valence-electron chi connectivity index (χ1n) is 11.6. The van der Waals surface area contributed by atoms with Crippen LogP contribution in [0.4, 0.5) is 10.5 Å². The summed E-state index contributed by atoms with van der Waals surface area (Å²) in [7, 11) is -3.86. The number of amides is 2. The normalized spacial score (nSPS) is 14.6. The lowest BCUT2D eigenvalue weighted by Crippen LogP contribution is -2.46. The van der Waals surface area contributed by atoms with Gasteiger partial charge in [0.15, 0.2) is 0 Å². The van der Waals surface area contributed by atoms with E-state index in [1.165, 1.54) is 0 Å². The van der Waals surface area contributed by atoms with Crippen molar-refractivity contribution in [3.8, 4) is 0 Å². The molecule has 1 aliphatic heterocycles. The second-order valence-corrected chi connectivity index (χ2v) is 10.2. The molecule has 0 unspecified atom stereocenters. The quantitative estimate of drug-likeness (QED) is 0.531. The summed E-state index contributed by atoms with van der Waals surface area (Å²) in [6.07, 6.45) is 0.610. The minimum atomic E-state index is -3.86. The molecule has 4 rings (SSSR count). The van der Waals surface area contributed by atoms with Gasteiger partial charge in [0.25, 0.3) is 5.91 Å². The van der Waals surface area contributed by atoms with Crippen molar-refractivity contribution in [1.29, 1.82) is 0 Å². The van der Waals surface area contributed by atoms with E-state index in [9.17, 15) is 18.0 Å². The third-order valence-electron chi connectivity index (χ3n) is 6.15. The summed E-state index contributed by atoms with van der Waals surface area (Å²) >= 11 is 0. The molecule has 184 valence electrons. The number of piperidine rings is 1. The predicted octanol–water partition coefficient (Wildman–Crippen LogP) is 4.30. The van der Waals surface area contributed by atoms with Crippen LogP contribution in [0, 0.1) is 6.92 Å². The van der Waals surface area contributed by atoms with Gasteiger partial charge in [-0.2, -0.15) is 0 Å². The Morgan fingerprint density at radius 1 is 0.971 bits per heavy atom. The number of carbonyl (C=O) groups excluding carboxylic acids is 2. The monoisotopic (exact) mass is 495 g/mol. The maximum Gasteiger partial charge on any atom is 0.409 e. The van der Waals surface area contributed by atoms with E-state index in [2.05, 4.69) is 10.0 Å². The van der Waals surface area contributed by atoms with Gasteiger partial charge >= 0.3 is 6.09 Å². The summed E-state index contributed by atoms with van der Waals surface area (Å²) in [6, 6.07) is 17.2. The number of rotatable bonds is 6. The maximum atomic E-state index is 13.3. The van der Waals surface area contributed by atoms with Crippen molar-refractivity contribution < 1.29 is 22.7 Å². The highest BCUT2D eigenvalue weighted by atomic mass is 32.2. The zero-order valence-electron chi connectivity index (χ0n) is 19.8. The number of ether oxygens (including phenoxy) is 1. The third-order valence-corrected chi connectivity index (χ3v) is 7.73. The molecular weight excluding hydrogens is 466 g/mol. The molecule has 1 aliphatic rings. The van der Waals surface area contributed by atoms with Crippen LogP contribution in [0.25, 0.3) is 10.8 Å². The third kappa shape index (κ3) is 5.47. The van der Waals surface area contributed by atoms with Crippen molar-refractivity contribution >= 4 is 38.5 Å². The Morgan fingerprint density at radius 3 is 2.37 bits per heavy atom. The lowest BCUT2D eigenvalue weighted by molar-refractivity contribution is 0.0964. The van der Waals surface area contributed by atoms with Crippen LogP contribution in [-0.4, -0.2) is 51.1 Å². The van der Waals surface area contributed by atoms with Gasteiger partial charge in [0.1, 0.15) is 0 Å². The number of anilines is 1. The molecular formula is C26H29N3O5S. The van der Waals surface area contributed by atoms with E-state index in [0.717, 1.165) is 5.56 Å². The van der Waals surface area contributed by atoms with Crippen LogP contribution in [0.5, 0.6) is 0 Å². The number of hydrogen-bond donors (Lipinski definition) is 2. The minimum Gasteiger partial charge on any atom is -0.450 e. The van der Waals surface area contributed by atoms with E-state index in [1.807, 2.05) is 31.2 Å². The van der Waals surface area contributed by atoms with Gasteiger partial charge in [0.05, 0.1) is 11.5 Å². The summed E-state index contributed by atoms with van der Waals surface area (Å²) < 4.78 is 34.5. The van der Waals surface area contributed by atoms with E-state index in [4.69, 9.17) is 4.74 Å². The molecule has 0 aliphatic carbocycles. The van der Waals surface area contributed by atoms with Gasteiger partial charge in [0, 0.05) is 35.8 Å². The number of carbonyl (C=O) groups is 2. The number of nitrogens with zero attached hydrogens (tertiary/aromatic N) is 1. The second kappa shape index (κ2) is 10.5. The molecule has 1 fully saturated rings. The van der Waals surface area contributed by atoms with E-state index < -0.39 is 10.0 Å². The van der Waals surface area contributed by atoms with Crippen LogP contribution in [0.15, 0.2) is 65.6 Å². The first-order chi connectivity index (χ1) is 16.8. The Hall–Kier alpha value is -3.43. The number of para-hydroxylation sites is 1. The van der Waals surface area contributed by atoms with Crippen LogP contribution < -0.4 is 10.0 Å². The molecule has 9 heteroatoms. The second-order valence-electron chi connectivity index (χ2n) is 8.51. The molecule has 2 amide bonds. The van der Waals surface area contributed by atoms with Gasteiger partial charge in [-0.15, -0.1) is 0 Å². The molecule has 0 spiro atoms. The molecule has 3 aromatic carbocycles. The number of benzene rings is 3. The minimum absolute atomic E-state index is 0.119. The molecule has 8 nitrogen and oxygen atoms in total. The Balaban J connectivity index is 1.55. The van der Waals surface area contributed by atoms with Gasteiger partial charge < -0.3 is 15.0 Å². The summed E-state index contributed by atoms with van der Waals surface area (Å²) in [5.74, 6) is -0.307. The summed E-state index contributed by atoms with van der Waals surface area (Å²) in [5, 5.41) is 3.95.